The molecule has 1 aliphatic carbocycles. The van der Waals surface area contributed by atoms with E-state index in [0.29, 0.717) is 0 Å². The van der Waals surface area contributed by atoms with Crippen molar-refractivity contribution in [1.82, 2.24) is 0 Å². The minimum atomic E-state index is -1.12. The van der Waals surface area contributed by atoms with Crippen molar-refractivity contribution in [2.45, 2.75) is 38.2 Å². The molecule has 0 aliphatic heterocycles. The number of carboxylic acid groups (broad SMARTS) is 1. The number of hydrogen-bond acceptors (Lipinski definition) is 4. The van der Waals surface area contributed by atoms with E-state index in [-0.39, 0.29) is 5.92 Å². The van der Waals surface area contributed by atoms with Gasteiger partial charge in [0.05, 0.1) is 0 Å². The van der Waals surface area contributed by atoms with Crippen LogP contribution in [-0.4, -0.2) is 34.9 Å². The lowest BCUT2D eigenvalue weighted by atomic mass is 9.85. The summed E-state index contributed by atoms with van der Waals surface area (Å²) in [6.45, 7) is -0.767. The van der Waals surface area contributed by atoms with E-state index < -0.39 is 24.6 Å². The lowest BCUT2D eigenvalue weighted by molar-refractivity contribution is -0.170. The Labute approximate surface area is 88.0 Å². The van der Waals surface area contributed by atoms with Crippen LogP contribution in [0.25, 0.3) is 0 Å². The number of carboxylic acids is 1. The van der Waals surface area contributed by atoms with Gasteiger partial charge in [-0.2, -0.15) is 0 Å². The maximum atomic E-state index is 10.9. The van der Waals surface area contributed by atoms with Crippen molar-refractivity contribution in [3.05, 3.63) is 0 Å². The fraction of sp³-hybridized carbons (Fsp3) is 0.800. The summed E-state index contributed by atoms with van der Waals surface area (Å²) < 4.78 is 4.71. The molecule has 0 saturated heterocycles. The average Bonchev–Trinajstić information content (AvgIpc) is 2.26. The first-order chi connectivity index (χ1) is 7.15. The molecule has 0 radical (unpaired) electrons. The second-order valence-corrected chi connectivity index (χ2v) is 3.80. The first-order valence-electron chi connectivity index (χ1n) is 5.18. The van der Waals surface area contributed by atoms with Crippen molar-refractivity contribution in [3.8, 4) is 0 Å². The van der Waals surface area contributed by atoms with E-state index in [9.17, 15) is 9.59 Å². The van der Waals surface area contributed by atoms with Crippen LogP contribution in [0.5, 0.6) is 0 Å². The Bertz CT molecular complexity index is 232. The van der Waals surface area contributed by atoms with Crippen molar-refractivity contribution in [2.75, 3.05) is 6.61 Å². The number of aliphatic carboxylic acids is 1. The van der Waals surface area contributed by atoms with Crippen LogP contribution in [-0.2, 0) is 14.3 Å². The molecule has 5 heteroatoms. The van der Waals surface area contributed by atoms with Gasteiger partial charge < -0.3 is 14.9 Å². The number of ether oxygens (including phenoxy) is 1. The third kappa shape index (κ3) is 3.51. The summed E-state index contributed by atoms with van der Waals surface area (Å²) in [4.78, 5) is 21.7. The Kier molecular flexibility index (Phi) is 4.55. The molecule has 1 rings (SSSR count). The monoisotopic (exact) mass is 216 g/mol. The van der Waals surface area contributed by atoms with Crippen LogP contribution < -0.4 is 0 Å². The van der Waals surface area contributed by atoms with Crippen LogP contribution in [0.15, 0.2) is 0 Å². The molecular formula is C10H16O5. The van der Waals surface area contributed by atoms with Gasteiger partial charge in [0, 0.05) is 5.92 Å². The van der Waals surface area contributed by atoms with Gasteiger partial charge in [-0.25, -0.2) is 9.59 Å². The minimum absolute atomic E-state index is 0.105. The van der Waals surface area contributed by atoms with Gasteiger partial charge in [0.15, 0.2) is 0 Å². The highest BCUT2D eigenvalue weighted by Gasteiger charge is 2.32. The molecule has 0 amide bonds. The topological polar surface area (TPSA) is 83.8 Å². The summed E-state index contributed by atoms with van der Waals surface area (Å²) in [5, 5.41) is 17.4. The number of carbonyl (C=O) groups excluding carboxylic acids is 1. The number of esters is 1. The molecule has 15 heavy (non-hydrogen) atoms. The zero-order valence-electron chi connectivity index (χ0n) is 8.52. The molecule has 1 atom stereocenters. The van der Waals surface area contributed by atoms with Gasteiger partial charge in [-0.1, -0.05) is 19.3 Å². The largest absolute Gasteiger partial charge is 0.478 e. The molecule has 0 aromatic heterocycles. The van der Waals surface area contributed by atoms with E-state index in [2.05, 4.69) is 0 Å². The van der Waals surface area contributed by atoms with Crippen molar-refractivity contribution in [2.24, 2.45) is 5.92 Å². The second kappa shape index (κ2) is 5.70. The predicted octanol–water partition coefficient (Wildman–Crippen LogP) is 0.555. The van der Waals surface area contributed by atoms with Crippen molar-refractivity contribution in [3.63, 3.8) is 0 Å². The number of aliphatic hydroxyl groups is 1. The second-order valence-electron chi connectivity index (χ2n) is 3.80. The highest BCUT2D eigenvalue weighted by molar-refractivity contribution is 5.78. The molecule has 1 fully saturated rings. The van der Waals surface area contributed by atoms with E-state index in [1.807, 2.05) is 0 Å². The molecule has 86 valence electrons. The zero-order chi connectivity index (χ0) is 11.3. The first-order valence-corrected chi connectivity index (χ1v) is 5.18. The average molecular weight is 216 g/mol. The predicted molar refractivity (Wildman–Crippen MR) is 51.2 cm³/mol. The van der Waals surface area contributed by atoms with E-state index in [1.165, 1.54) is 0 Å². The Hall–Kier alpha value is -1.10. The number of rotatable bonds is 4. The van der Waals surface area contributed by atoms with Crippen LogP contribution in [0.1, 0.15) is 32.1 Å². The van der Waals surface area contributed by atoms with Gasteiger partial charge in [-0.15, -0.1) is 0 Å². The Morgan fingerprint density at radius 2 is 1.87 bits per heavy atom. The molecule has 5 nitrogen and oxygen atoms in total. The summed E-state index contributed by atoms with van der Waals surface area (Å²) in [6.07, 6.45) is 3.52. The van der Waals surface area contributed by atoms with Crippen LogP contribution in [0.3, 0.4) is 0 Å². The quantitative estimate of drug-likeness (QED) is 0.670. The number of carbonyl (C=O) groups is 2. The van der Waals surface area contributed by atoms with Gasteiger partial charge in [0.1, 0.15) is 6.61 Å². The summed E-state index contributed by atoms with van der Waals surface area (Å²) in [5.41, 5.74) is 0. The van der Waals surface area contributed by atoms with E-state index in [4.69, 9.17) is 14.9 Å². The molecule has 1 aliphatic rings. The molecule has 1 saturated carbocycles. The van der Waals surface area contributed by atoms with Gasteiger partial charge in [-0.05, 0) is 12.8 Å². The lowest BCUT2D eigenvalue weighted by Crippen LogP contribution is -2.36. The molecular weight excluding hydrogens is 200 g/mol. The lowest BCUT2D eigenvalue weighted by Gasteiger charge is -2.26. The van der Waals surface area contributed by atoms with Gasteiger partial charge in [0.25, 0.3) is 0 Å². The number of hydrogen-bond donors (Lipinski definition) is 2. The molecule has 0 bridgehead atoms. The summed E-state index contributed by atoms with van der Waals surface area (Å²) in [6, 6.07) is 0. The normalized spacial score (nSPS) is 19.5. The van der Waals surface area contributed by atoms with Crippen LogP contribution in [0, 0.1) is 5.92 Å². The van der Waals surface area contributed by atoms with Crippen molar-refractivity contribution < 1.29 is 24.5 Å². The molecule has 0 aromatic carbocycles. The van der Waals surface area contributed by atoms with Gasteiger partial charge in [0.2, 0.25) is 6.10 Å². The highest BCUT2D eigenvalue weighted by atomic mass is 16.6. The summed E-state index contributed by atoms with van der Waals surface area (Å²) in [5.74, 6) is -2.09. The van der Waals surface area contributed by atoms with Gasteiger partial charge in [-0.3, -0.25) is 0 Å². The Balaban J connectivity index is 2.55. The maximum absolute atomic E-state index is 10.9. The maximum Gasteiger partial charge on any atom is 0.345 e. The Morgan fingerprint density at radius 3 is 2.33 bits per heavy atom. The number of aliphatic hydroxyl groups excluding tert-OH is 1. The van der Waals surface area contributed by atoms with Crippen molar-refractivity contribution >= 4 is 11.9 Å². The molecule has 0 heterocycles. The highest BCUT2D eigenvalue weighted by Crippen LogP contribution is 2.28. The Morgan fingerprint density at radius 1 is 1.27 bits per heavy atom. The minimum Gasteiger partial charge on any atom is -0.478 e. The SMILES string of the molecule is O=C(CO)OC(C(=O)O)C1CCCCC1. The van der Waals surface area contributed by atoms with E-state index in [1.54, 1.807) is 0 Å². The molecule has 1 unspecified atom stereocenters. The van der Waals surface area contributed by atoms with E-state index >= 15 is 0 Å². The van der Waals surface area contributed by atoms with Crippen LogP contribution in [0.2, 0.25) is 0 Å². The van der Waals surface area contributed by atoms with Crippen LogP contribution >= 0.6 is 0 Å². The smallest absolute Gasteiger partial charge is 0.345 e. The van der Waals surface area contributed by atoms with Crippen LogP contribution in [0.4, 0.5) is 0 Å². The third-order valence-corrected chi connectivity index (χ3v) is 2.71. The zero-order valence-corrected chi connectivity index (χ0v) is 8.52. The summed E-state index contributed by atoms with van der Waals surface area (Å²) >= 11 is 0. The van der Waals surface area contributed by atoms with Crippen molar-refractivity contribution in [1.29, 1.82) is 0 Å². The fourth-order valence-corrected chi connectivity index (χ4v) is 1.96. The summed E-state index contributed by atoms with van der Waals surface area (Å²) in [7, 11) is 0. The molecule has 0 aromatic rings. The molecule has 0 spiro atoms. The van der Waals surface area contributed by atoms with Gasteiger partial charge >= 0.3 is 11.9 Å². The standard InChI is InChI=1S/C10H16O5/c11-6-8(12)15-9(10(13)14)7-4-2-1-3-5-7/h7,9,11H,1-6H2,(H,13,14). The first kappa shape index (κ1) is 12.0. The molecule has 2 N–H and O–H groups in total. The fourth-order valence-electron chi connectivity index (χ4n) is 1.96. The third-order valence-electron chi connectivity index (χ3n) is 2.71. The van der Waals surface area contributed by atoms with E-state index in [0.717, 1.165) is 32.1 Å².